The Bertz CT molecular complexity index is 575. The highest BCUT2D eigenvalue weighted by Gasteiger charge is 2.39. The lowest BCUT2D eigenvalue weighted by Gasteiger charge is -2.23. The summed E-state index contributed by atoms with van der Waals surface area (Å²) in [4.78, 5) is 23.2. The van der Waals surface area contributed by atoms with E-state index < -0.39 is 5.97 Å². The van der Waals surface area contributed by atoms with Crippen LogP contribution in [0.4, 0.5) is 0 Å². The molecule has 2 saturated carbocycles. The van der Waals surface area contributed by atoms with Crippen molar-refractivity contribution in [3.63, 3.8) is 0 Å². The minimum atomic E-state index is -1.13. The number of hydrogen-bond donors (Lipinski definition) is 1. The lowest BCUT2D eigenvalue weighted by Crippen LogP contribution is -2.31. The summed E-state index contributed by atoms with van der Waals surface area (Å²) in [5.74, 6) is 1.00. The van der Waals surface area contributed by atoms with Gasteiger partial charge < -0.3 is 9.67 Å². The zero-order valence-electron chi connectivity index (χ0n) is 11.1. The Labute approximate surface area is 112 Å². The minimum absolute atomic E-state index is 0.117. The molecule has 0 saturated heterocycles. The summed E-state index contributed by atoms with van der Waals surface area (Å²) in [5, 5.41) is 9.03. The van der Waals surface area contributed by atoms with Gasteiger partial charge in [0.05, 0.1) is 0 Å². The number of hydrogen-bond acceptors (Lipinski definition) is 2. The molecule has 4 heteroatoms. The summed E-state index contributed by atoms with van der Waals surface area (Å²) in [6.45, 7) is 2.56. The zero-order chi connectivity index (χ0) is 13.6. The first-order valence-electron chi connectivity index (χ1n) is 7.00. The second-order valence-electron chi connectivity index (χ2n) is 6.04. The van der Waals surface area contributed by atoms with Crippen molar-refractivity contribution in [2.75, 3.05) is 0 Å². The molecule has 2 aliphatic carbocycles. The molecule has 4 nitrogen and oxygen atoms in total. The van der Waals surface area contributed by atoms with Gasteiger partial charge in [0, 0.05) is 12.2 Å². The molecule has 2 bridgehead atoms. The first kappa shape index (κ1) is 12.5. The van der Waals surface area contributed by atoms with Gasteiger partial charge in [-0.1, -0.05) is 6.42 Å². The third kappa shape index (κ3) is 2.09. The average Bonchev–Trinajstić information content (AvgIpc) is 2.96. The Morgan fingerprint density at radius 1 is 1.37 bits per heavy atom. The number of aromatic nitrogens is 1. The fourth-order valence-electron chi connectivity index (χ4n) is 3.90. The van der Waals surface area contributed by atoms with Gasteiger partial charge in [0.1, 0.15) is 5.56 Å². The Kier molecular flexibility index (Phi) is 2.96. The van der Waals surface area contributed by atoms with Crippen LogP contribution in [0.25, 0.3) is 0 Å². The molecule has 0 aliphatic heterocycles. The normalized spacial score (nSPS) is 28.8. The van der Waals surface area contributed by atoms with E-state index in [9.17, 15) is 9.59 Å². The monoisotopic (exact) mass is 261 g/mol. The fourth-order valence-corrected chi connectivity index (χ4v) is 3.90. The van der Waals surface area contributed by atoms with Gasteiger partial charge >= 0.3 is 5.97 Å². The summed E-state index contributed by atoms with van der Waals surface area (Å²) in [6, 6.07) is 3.15. The second-order valence-corrected chi connectivity index (χ2v) is 6.04. The van der Waals surface area contributed by atoms with E-state index in [-0.39, 0.29) is 11.1 Å². The standard InChI is InChI=1S/C15H19NO3/c1-9-2-5-13(15(18)19)14(17)16(9)8-12-7-10-3-4-11(12)6-10/h2,5,10-12H,3-4,6-8H2,1H3,(H,18,19). The van der Waals surface area contributed by atoms with Crippen LogP contribution in [0.3, 0.4) is 0 Å². The molecule has 1 aromatic rings. The summed E-state index contributed by atoms with van der Waals surface area (Å²) in [6.07, 6.45) is 5.12. The first-order chi connectivity index (χ1) is 9.06. The van der Waals surface area contributed by atoms with E-state index in [1.165, 1.54) is 31.7 Å². The number of carbonyl (C=O) groups is 1. The molecular weight excluding hydrogens is 242 g/mol. The Morgan fingerprint density at radius 2 is 2.16 bits per heavy atom. The third-order valence-electron chi connectivity index (χ3n) is 4.92. The Balaban J connectivity index is 1.90. The van der Waals surface area contributed by atoms with Crippen LogP contribution in [0.15, 0.2) is 16.9 Å². The van der Waals surface area contributed by atoms with Gasteiger partial charge in [0.2, 0.25) is 0 Å². The van der Waals surface area contributed by atoms with Crippen molar-refractivity contribution in [1.29, 1.82) is 0 Å². The van der Waals surface area contributed by atoms with E-state index in [1.54, 1.807) is 10.6 Å². The van der Waals surface area contributed by atoms with Crippen LogP contribution in [0, 0.1) is 24.7 Å². The maximum absolute atomic E-state index is 12.2. The highest BCUT2D eigenvalue weighted by Crippen LogP contribution is 2.48. The number of aromatic carboxylic acids is 1. The van der Waals surface area contributed by atoms with E-state index in [4.69, 9.17) is 5.11 Å². The molecule has 2 aliphatic rings. The molecule has 1 heterocycles. The van der Waals surface area contributed by atoms with E-state index >= 15 is 0 Å². The van der Waals surface area contributed by atoms with Crippen molar-refractivity contribution in [3.8, 4) is 0 Å². The predicted octanol–water partition coefficient (Wildman–Crippen LogP) is 2.29. The van der Waals surface area contributed by atoms with Gasteiger partial charge in [-0.3, -0.25) is 4.79 Å². The number of carboxylic acids is 1. The van der Waals surface area contributed by atoms with Crippen molar-refractivity contribution in [2.24, 2.45) is 17.8 Å². The second kappa shape index (κ2) is 4.51. The van der Waals surface area contributed by atoms with Crippen LogP contribution in [-0.2, 0) is 6.54 Å². The minimum Gasteiger partial charge on any atom is -0.477 e. The number of nitrogens with zero attached hydrogens (tertiary/aromatic N) is 1. The maximum Gasteiger partial charge on any atom is 0.341 e. The van der Waals surface area contributed by atoms with Crippen LogP contribution in [0.1, 0.15) is 41.7 Å². The number of fused-ring (bicyclic) bond motifs is 2. The van der Waals surface area contributed by atoms with Crippen molar-refractivity contribution >= 4 is 5.97 Å². The topological polar surface area (TPSA) is 59.3 Å². The SMILES string of the molecule is Cc1ccc(C(=O)O)c(=O)n1CC1CC2CCC1C2. The number of rotatable bonds is 3. The van der Waals surface area contributed by atoms with Gasteiger partial charge in [-0.25, -0.2) is 4.79 Å². The van der Waals surface area contributed by atoms with Crippen LogP contribution >= 0.6 is 0 Å². The summed E-state index contributed by atoms with van der Waals surface area (Å²) in [7, 11) is 0. The molecule has 1 N–H and O–H groups in total. The molecule has 0 radical (unpaired) electrons. The third-order valence-corrected chi connectivity index (χ3v) is 4.92. The number of aryl methyl sites for hydroxylation is 1. The predicted molar refractivity (Wildman–Crippen MR) is 71.3 cm³/mol. The zero-order valence-corrected chi connectivity index (χ0v) is 11.1. The molecule has 0 aromatic carbocycles. The van der Waals surface area contributed by atoms with Gasteiger partial charge in [0.25, 0.3) is 5.56 Å². The molecule has 0 spiro atoms. The molecule has 19 heavy (non-hydrogen) atoms. The molecule has 3 atom stereocenters. The van der Waals surface area contributed by atoms with Gasteiger partial charge in [-0.15, -0.1) is 0 Å². The largest absolute Gasteiger partial charge is 0.477 e. The summed E-state index contributed by atoms with van der Waals surface area (Å²) < 4.78 is 1.66. The van der Waals surface area contributed by atoms with Crippen LogP contribution in [-0.4, -0.2) is 15.6 Å². The number of pyridine rings is 1. The van der Waals surface area contributed by atoms with Gasteiger partial charge in [-0.05, 0) is 56.1 Å². The molecule has 3 unspecified atom stereocenters. The van der Waals surface area contributed by atoms with Crippen LogP contribution < -0.4 is 5.56 Å². The van der Waals surface area contributed by atoms with Crippen molar-refractivity contribution in [2.45, 2.75) is 39.2 Å². The lowest BCUT2D eigenvalue weighted by atomic mass is 9.88. The molecular formula is C15H19NO3. The lowest BCUT2D eigenvalue weighted by molar-refractivity contribution is 0.0694. The maximum atomic E-state index is 12.2. The first-order valence-corrected chi connectivity index (χ1v) is 7.00. The van der Waals surface area contributed by atoms with E-state index in [0.717, 1.165) is 17.5 Å². The quantitative estimate of drug-likeness (QED) is 0.908. The van der Waals surface area contributed by atoms with Crippen molar-refractivity contribution < 1.29 is 9.90 Å². The molecule has 0 amide bonds. The van der Waals surface area contributed by atoms with Crippen LogP contribution in [0.5, 0.6) is 0 Å². The highest BCUT2D eigenvalue weighted by atomic mass is 16.4. The highest BCUT2D eigenvalue weighted by molar-refractivity contribution is 5.87. The van der Waals surface area contributed by atoms with Crippen molar-refractivity contribution in [3.05, 3.63) is 33.7 Å². The molecule has 1 aromatic heterocycles. The fraction of sp³-hybridized carbons (Fsp3) is 0.600. The van der Waals surface area contributed by atoms with E-state index in [0.29, 0.717) is 12.5 Å². The van der Waals surface area contributed by atoms with E-state index in [1.807, 2.05) is 6.92 Å². The molecule has 2 fully saturated rings. The Hall–Kier alpha value is -1.58. The summed E-state index contributed by atoms with van der Waals surface area (Å²) >= 11 is 0. The molecule has 3 rings (SSSR count). The number of carboxylic acid groups (broad SMARTS) is 1. The van der Waals surface area contributed by atoms with Crippen LogP contribution in [0.2, 0.25) is 0 Å². The smallest absolute Gasteiger partial charge is 0.341 e. The van der Waals surface area contributed by atoms with Gasteiger partial charge in [0.15, 0.2) is 0 Å². The average molecular weight is 261 g/mol. The Morgan fingerprint density at radius 3 is 2.74 bits per heavy atom. The molecule has 102 valence electrons. The van der Waals surface area contributed by atoms with E-state index in [2.05, 4.69) is 0 Å². The van der Waals surface area contributed by atoms with Gasteiger partial charge in [-0.2, -0.15) is 0 Å². The van der Waals surface area contributed by atoms with Crippen molar-refractivity contribution in [1.82, 2.24) is 4.57 Å². The summed E-state index contributed by atoms with van der Waals surface area (Å²) in [5.41, 5.74) is 0.391.